The van der Waals surface area contributed by atoms with Gasteiger partial charge in [-0.3, -0.25) is 9.90 Å². The maximum absolute atomic E-state index is 11.2. The molecule has 0 atom stereocenters. The number of methoxy groups -OCH3 is 1. The molecule has 4 nitrogen and oxygen atoms in total. The monoisotopic (exact) mass is 280 g/mol. The van der Waals surface area contributed by atoms with Gasteiger partial charge in [-0.1, -0.05) is 6.07 Å². The summed E-state index contributed by atoms with van der Waals surface area (Å²) in [4.78, 5) is 16.5. The number of esters is 1. The molecule has 1 aromatic rings. The van der Waals surface area contributed by atoms with Gasteiger partial charge in [-0.2, -0.15) is 0 Å². The Morgan fingerprint density at radius 3 is 2.47 bits per heavy atom. The summed E-state index contributed by atoms with van der Waals surface area (Å²) in [5.74, 6) is -0.326. The van der Waals surface area contributed by atoms with Crippen LogP contribution in [0.5, 0.6) is 0 Å². The normalized spacial score (nSPS) is 13.5. The summed E-state index contributed by atoms with van der Waals surface area (Å²) in [6.07, 6.45) is 0. The standard InChI is InChI=1S/C10H11NO3.BF4/c1-11-9-5-7(10(12)13-2)3-4-8(9)6-14-11;2-1(3,4)5/h3-5H,6H2,1-2H3;/q;-1. The number of halogens is 4. The molecule has 1 heterocycles. The maximum atomic E-state index is 11.2. The molecule has 1 aliphatic heterocycles. The third-order valence-corrected chi connectivity index (χ3v) is 2.26. The lowest BCUT2D eigenvalue weighted by Gasteiger charge is -2.10. The fourth-order valence-electron chi connectivity index (χ4n) is 1.46. The largest absolute Gasteiger partial charge is 0.673 e. The average molecular weight is 280 g/mol. The molecule has 106 valence electrons. The molecule has 0 aromatic heterocycles. The minimum Gasteiger partial charge on any atom is -0.465 e. The van der Waals surface area contributed by atoms with Crippen LogP contribution < -0.4 is 5.06 Å². The highest BCUT2D eigenvalue weighted by Gasteiger charge is 2.20. The summed E-state index contributed by atoms with van der Waals surface area (Å²) in [6, 6.07) is 5.40. The Balaban J connectivity index is 0.000000312. The number of hydrogen-bond donors (Lipinski definition) is 0. The summed E-state index contributed by atoms with van der Waals surface area (Å²) in [5, 5.41) is 1.65. The molecule has 1 aromatic carbocycles. The highest BCUT2D eigenvalue weighted by atomic mass is 19.5. The Hall–Kier alpha value is -1.77. The SMILES string of the molecule is COC(=O)c1ccc2c(c1)N(C)OC2.F[B-](F)(F)F. The first-order chi connectivity index (χ1) is 8.72. The molecule has 0 bridgehead atoms. The number of fused-ring (bicyclic) bond motifs is 1. The molecule has 0 unspecified atom stereocenters. The summed E-state index contributed by atoms with van der Waals surface area (Å²) in [5.41, 5.74) is 2.55. The van der Waals surface area contributed by atoms with Gasteiger partial charge < -0.3 is 22.0 Å². The lowest BCUT2D eigenvalue weighted by Crippen LogP contribution is -2.10. The zero-order valence-electron chi connectivity index (χ0n) is 10.2. The molecule has 2 rings (SSSR count). The van der Waals surface area contributed by atoms with Crippen molar-refractivity contribution in [1.29, 1.82) is 0 Å². The quantitative estimate of drug-likeness (QED) is 0.450. The number of hydrogen-bond acceptors (Lipinski definition) is 4. The molecule has 0 N–H and O–H groups in total. The first kappa shape index (κ1) is 15.3. The Kier molecular flexibility index (Phi) is 4.76. The predicted octanol–water partition coefficient (Wildman–Crippen LogP) is 2.65. The van der Waals surface area contributed by atoms with E-state index in [-0.39, 0.29) is 5.97 Å². The van der Waals surface area contributed by atoms with Crippen molar-refractivity contribution >= 4 is 18.9 Å². The van der Waals surface area contributed by atoms with E-state index in [2.05, 4.69) is 4.74 Å². The van der Waals surface area contributed by atoms with Crippen molar-refractivity contribution in [3.8, 4) is 0 Å². The summed E-state index contributed by atoms with van der Waals surface area (Å²) in [6.45, 7) is 0.563. The number of ether oxygens (including phenoxy) is 1. The number of carbonyl (C=O) groups is 1. The van der Waals surface area contributed by atoms with E-state index in [1.165, 1.54) is 7.11 Å². The molecule has 0 saturated heterocycles. The molecule has 9 heteroatoms. The molecular formula is C10H11BF4NO3-. The molecular weight excluding hydrogens is 269 g/mol. The smallest absolute Gasteiger partial charge is 0.465 e. The van der Waals surface area contributed by atoms with Crippen LogP contribution in [0.2, 0.25) is 0 Å². The number of carbonyl (C=O) groups excluding carboxylic acids is 1. The summed E-state index contributed by atoms with van der Waals surface area (Å²) in [7, 11) is -2.82. The van der Waals surface area contributed by atoms with Crippen molar-refractivity contribution in [3.05, 3.63) is 29.3 Å². The van der Waals surface area contributed by atoms with Gasteiger partial charge in [0.15, 0.2) is 0 Å². The molecule has 1 aliphatic rings. The lowest BCUT2D eigenvalue weighted by molar-refractivity contribution is 0.0600. The van der Waals surface area contributed by atoms with Crippen molar-refractivity contribution in [2.45, 2.75) is 6.61 Å². The Labute approximate surface area is 107 Å². The van der Waals surface area contributed by atoms with E-state index in [9.17, 15) is 22.1 Å². The molecule has 0 fully saturated rings. The highest BCUT2D eigenvalue weighted by molar-refractivity contribution is 6.50. The van der Waals surface area contributed by atoms with Gasteiger partial charge in [0, 0.05) is 12.6 Å². The third-order valence-electron chi connectivity index (χ3n) is 2.26. The van der Waals surface area contributed by atoms with Crippen molar-refractivity contribution in [2.24, 2.45) is 0 Å². The van der Waals surface area contributed by atoms with E-state index >= 15 is 0 Å². The van der Waals surface area contributed by atoms with Crippen molar-refractivity contribution in [1.82, 2.24) is 0 Å². The zero-order valence-corrected chi connectivity index (χ0v) is 10.2. The lowest BCUT2D eigenvalue weighted by atomic mass is 10.1. The van der Waals surface area contributed by atoms with Crippen LogP contribution in [0.25, 0.3) is 0 Å². The van der Waals surface area contributed by atoms with Crippen LogP contribution in [0.1, 0.15) is 15.9 Å². The van der Waals surface area contributed by atoms with Crippen molar-refractivity contribution < 1.29 is 31.6 Å². The number of benzene rings is 1. The molecule has 0 saturated carbocycles. The van der Waals surface area contributed by atoms with E-state index in [0.717, 1.165) is 11.3 Å². The van der Waals surface area contributed by atoms with Gasteiger partial charge in [-0.25, -0.2) is 4.79 Å². The van der Waals surface area contributed by atoms with Crippen LogP contribution in [0, 0.1) is 0 Å². The Bertz CT molecular complexity index is 461. The number of hydroxylamine groups is 1. The summed E-state index contributed by atoms with van der Waals surface area (Å²) >= 11 is 0. The van der Waals surface area contributed by atoms with Crippen LogP contribution in [0.15, 0.2) is 18.2 Å². The van der Waals surface area contributed by atoms with Gasteiger partial charge >= 0.3 is 13.2 Å². The topological polar surface area (TPSA) is 38.8 Å². The van der Waals surface area contributed by atoms with Gasteiger partial charge in [0.25, 0.3) is 0 Å². The second kappa shape index (κ2) is 5.92. The average Bonchev–Trinajstić information content (AvgIpc) is 2.67. The number of rotatable bonds is 1. The van der Waals surface area contributed by atoms with Crippen LogP contribution >= 0.6 is 0 Å². The van der Waals surface area contributed by atoms with Gasteiger partial charge in [0.1, 0.15) is 6.61 Å². The zero-order chi connectivity index (χ0) is 14.6. The fraction of sp³-hybridized carbons (Fsp3) is 0.300. The van der Waals surface area contributed by atoms with E-state index in [1.807, 2.05) is 13.1 Å². The van der Waals surface area contributed by atoms with E-state index in [4.69, 9.17) is 4.84 Å². The second-order valence-electron chi connectivity index (χ2n) is 3.60. The van der Waals surface area contributed by atoms with E-state index in [1.54, 1.807) is 17.2 Å². The minimum atomic E-state index is -6.00. The minimum absolute atomic E-state index is 0.326. The Morgan fingerprint density at radius 2 is 1.95 bits per heavy atom. The third kappa shape index (κ3) is 4.78. The van der Waals surface area contributed by atoms with E-state index in [0.29, 0.717) is 12.2 Å². The molecule has 0 spiro atoms. The van der Waals surface area contributed by atoms with Crippen LogP contribution in [-0.2, 0) is 16.2 Å². The van der Waals surface area contributed by atoms with Gasteiger partial charge in [0.2, 0.25) is 0 Å². The number of anilines is 1. The Morgan fingerprint density at radius 1 is 1.37 bits per heavy atom. The summed E-state index contributed by atoms with van der Waals surface area (Å²) < 4.78 is 43.6. The second-order valence-corrected chi connectivity index (χ2v) is 3.60. The first-order valence-corrected chi connectivity index (χ1v) is 5.17. The highest BCUT2D eigenvalue weighted by Crippen LogP contribution is 2.28. The van der Waals surface area contributed by atoms with Gasteiger partial charge in [0.05, 0.1) is 18.4 Å². The maximum Gasteiger partial charge on any atom is 0.673 e. The fourth-order valence-corrected chi connectivity index (χ4v) is 1.46. The van der Waals surface area contributed by atoms with E-state index < -0.39 is 7.25 Å². The van der Waals surface area contributed by atoms with Crippen LogP contribution in [0.3, 0.4) is 0 Å². The predicted molar refractivity (Wildman–Crippen MR) is 61.2 cm³/mol. The molecule has 0 aliphatic carbocycles. The number of nitrogens with zero attached hydrogens (tertiary/aromatic N) is 1. The molecule has 19 heavy (non-hydrogen) atoms. The molecule has 0 amide bonds. The van der Waals surface area contributed by atoms with Crippen molar-refractivity contribution in [3.63, 3.8) is 0 Å². The first-order valence-electron chi connectivity index (χ1n) is 5.17. The van der Waals surface area contributed by atoms with Crippen molar-refractivity contribution in [2.75, 3.05) is 19.2 Å². The van der Waals surface area contributed by atoms with Crippen LogP contribution in [0.4, 0.5) is 23.0 Å². The van der Waals surface area contributed by atoms with Gasteiger partial charge in [-0.15, -0.1) is 0 Å². The molecule has 0 radical (unpaired) electrons. The van der Waals surface area contributed by atoms with Gasteiger partial charge in [-0.05, 0) is 12.1 Å². The van der Waals surface area contributed by atoms with Crippen LogP contribution in [-0.4, -0.2) is 27.4 Å².